The number of aryl methyl sites for hydroxylation is 1. The van der Waals surface area contributed by atoms with Crippen LogP contribution in [0.25, 0.3) is 18.2 Å². The van der Waals surface area contributed by atoms with Crippen LogP contribution in [0.15, 0.2) is 46.4 Å². The van der Waals surface area contributed by atoms with Gasteiger partial charge in [-0.05, 0) is 47.7 Å². The second kappa shape index (κ2) is 4.15. The van der Waals surface area contributed by atoms with E-state index in [1.54, 1.807) is 12.2 Å². The summed E-state index contributed by atoms with van der Waals surface area (Å²) in [5.41, 5.74) is 0.656. The quantitative estimate of drug-likeness (QED) is 0.707. The van der Waals surface area contributed by atoms with E-state index in [0.717, 1.165) is 16.2 Å². The average Bonchev–Trinajstić information content (AvgIpc) is 2.76. The molecule has 18 heavy (non-hydrogen) atoms. The van der Waals surface area contributed by atoms with Crippen LogP contribution in [-0.4, -0.2) is 5.78 Å². The molecule has 1 aromatic carbocycles. The third-order valence-electron chi connectivity index (χ3n) is 2.94. The molecule has 0 aliphatic heterocycles. The van der Waals surface area contributed by atoms with Gasteiger partial charge in [0.25, 0.3) is 0 Å². The number of carbonyl (C=O) groups excluding carboxylic acids is 1. The van der Waals surface area contributed by atoms with Gasteiger partial charge >= 0.3 is 0 Å². The summed E-state index contributed by atoms with van der Waals surface area (Å²) in [5, 5.41) is 2.03. The number of hydrogen-bond acceptors (Lipinski definition) is 2. The molecule has 88 valence electrons. The summed E-state index contributed by atoms with van der Waals surface area (Å²) in [6.07, 6.45) is 5.34. The molecule has 2 nitrogen and oxygen atoms in total. The highest BCUT2D eigenvalue weighted by Gasteiger charge is 2.09. The highest BCUT2D eigenvalue weighted by molar-refractivity contribution is 6.24. The number of carbonyl (C=O) groups is 1. The van der Waals surface area contributed by atoms with Crippen molar-refractivity contribution >= 4 is 24.0 Å². The van der Waals surface area contributed by atoms with Gasteiger partial charge in [0, 0.05) is 5.57 Å². The molecule has 1 aliphatic rings. The molecule has 0 fully saturated rings. The van der Waals surface area contributed by atoms with E-state index in [2.05, 4.69) is 0 Å². The maximum absolute atomic E-state index is 12.0. The SMILES string of the molecule is Cc1ccc(/C=C2/C=c3ccccc3=CC2=O)o1. The number of allylic oxidation sites excluding steroid dienone is 1. The van der Waals surface area contributed by atoms with Crippen molar-refractivity contribution in [3.05, 3.63) is 63.9 Å². The molecule has 0 atom stereocenters. The van der Waals surface area contributed by atoms with Crippen LogP contribution in [0.4, 0.5) is 0 Å². The minimum absolute atomic E-state index is 0.0164. The Kier molecular flexibility index (Phi) is 2.49. The Balaban J connectivity index is 2.13. The van der Waals surface area contributed by atoms with Gasteiger partial charge in [0.1, 0.15) is 11.5 Å². The Bertz CT molecular complexity index is 760. The second-order valence-corrected chi connectivity index (χ2v) is 4.33. The maximum Gasteiger partial charge on any atom is 0.186 e. The van der Waals surface area contributed by atoms with Crippen LogP contribution in [0.3, 0.4) is 0 Å². The molecule has 3 rings (SSSR count). The summed E-state index contributed by atoms with van der Waals surface area (Å²) in [6.45, 7) is 1.88. The predicted molar refractivity (Wildman–Crippen MR) is 71.1 cm³/mol. The molecule has 0 unspecified atom stereocenters. The zero-order valence-corrected chi connectivity index (χ0v) is 10.0. The molecule has 0 N–H and O–H groups in total. The first kappa shape index (κ1) is 10.8. The molecule has 2 heteroatoms. The van der Waals surface area contributed by atoms with Crippen molar-refractivity contribution in [2.45, 2.75) is 6.92 Å². The van der Waals surface area contributed by atoms with Crippen molar-refractivity contribution in [2.75, 3.05) is 0 Å². The minimum atomic E-state index is 0.0164. The number of hydrogen-bond donors (Lipinski definition) is 0. The standard InChI is InChI=1S/C16H12O2/c1-11-6-7-15(18-11)9-14-8-12-4-2-3-5-13(12)10-16(14)17/h2-10H,1H3/b14-9-. The normalized spacial score (nSPS) is 16.1. The largest absolute Gasteiger partial charge is 0.462 e. The van der Waals surface area contributed by atoms with Gasteiger partial charge in [-0.1, -0.05) is 24.3 Å². The Morgan fingerprint density at radius 1 is 1.00 bits per heavy atom. The fraction of sp³-hybridized carbons (Fsp3) is 0.0625. The third-order valence-corrected chi connectivity index (χ3v) is 2.94. The Morgan fingerprint density at radius 2 is 1.72 bits per heavy atom. The summed E-state index contributed by atoms with van der Waals surface area (Å²) < 4.78 is 5.46. The average molecular weight is 236 g/mol. The molecule has 0 spiro atoms. The number of furan rings is 1. The van der Waals surface area contributed by atoms with Gasteiger partial charge in [0.2, 0.25) is 0 Å². The van der Waals surface area contributed by atoms with Gasteiger partial charge in [-0.3, -0.25) is 4.79 Å². The van der Waals surface area contributed by atoms with Crippen LogP contribution in [-0.2, 0) is 4.79 Å². The van der Waals surface area contributed by atoms with Crippen LogP contribution in [0, 0.1) is 6.92 Å². The first-order chi connectivity index (χ1) is 8.72. The minimum Gasteiger partial charge on any atom is -0.462 e. The van der Waals surface area contributed by atoms with Gasteiger partial charge in [0.15, 0.2) is 5.78 Å². The zero-order chi connectivity index (χ0) is 12.5. The molecule has 1 aromatic heterocycles. The van der Waals surface area contributed by atoms with Crippen LogP contribution < -0.4 is 10.4 Å². The first-order valence-electron chi connectivity index (χ1n) is 5.83. The van der Waals surface area contributed by atoms with Gasteiger partial charge in [0.05, 0.1) is 0 Å². The molecule has 0 saturated carbocycles. The lowest BCUT2D eigenvalue weighted by molar-refractivity contribution is -0.109. The summed E-state index contributed by atoms with van der Waals surface area (Å²) in [7, 11) is 0. The zero-order valence-electron chi connectivity index (χ0n) is 10.0. The van der Waals surface area contributed by atoms with Gasteiger partial charge < -0.3 is 4.42 Å². The number of benzene rings is 1. The van der Waals surface area contributed by atoms with Crippen molar-refractivity contribution in [3.8, 4) is 0 Å². The lowest BCUT2D eigenvalue weighted by atomic mass is 10.0. The molecule has 1 heterocycles. The second-order valence-electron chi connectivity index (χ2n) is 4.33. The molecule has 0 bridgehead atoms. The lowest BCUT2D eigenvalue weighted by Crippen LogP contribution is -2.29. The highest BCUT2D eigenvalue weighted by atomic mass is 16.3. The van der Waals surface area contributed by atoms with Crippen molar-refractivity contribution in [1.82, 2.24) is 0 Å². The van der Waals surface area contributed by atoms with E-state index in [1.165, 1.54) is 0 Å². The van der Waals surface area contributed by atoms with E-state index >= 15 is 0 Å². The smallest absolute Gasteiger partial charge is 0.186 e. The molecule has 0 saturated heterocycles. The molecule has 2 aromatic rings. The van der Waals surface area contributed by atoms with Crippen molar-refractivity contribution in [3.63, 3.8) is 0 Å². The molecule has 0 radical (unpaired) electrons. The maximum atomic E-state index is 12.0. The van der Waals surface area contributed by atoms with E-state index in [4.69, 9.17) is 4.42 Å². The van der Waals surface area contributed by atoms with Crippen molar-refractivity contribution in [1.29, 1.82) is 0 Å². The summed E-state index contributed by atoms with van der Waals surface area (Å²) >= 11 is 0. The fourth-order valence-electron chi connectivity index (χ4n) is 2.03. The van der Waals surface area contributed by atoms with Crippen molar-refractivity contribution < 1.29 is 9.21 Å². The van der Waals surface area contributed by atoms with Gasteiger partial charge in [-0.25, -0.2) is 0 Å². The third kappa shape index (κ3) is 1.93. The summed E-state index contributed by atoms with van der Waals surface area (Å²) in [4.78, 5) is 12.0. The Hall–Kier alpha value is -2.35. The number of Topliss-reactive ketones (excluding diaryl/α,β-unsaturated/α-hetero) is 1. The summed E-state index contributed by atoms with van der Waals surface area (Å²) in [5.74, 6) is 1.57. The van der Waals surface area contributed by atoms with E-state index in [9.17, 15) is 4.79 Å². The van der Waals surface area contributed by atoms with Crippen LogP contribution in [0.1, 0.15) is 11.5 Å². The fourth-order valence-corrected chi connectivity index (χ4v) is 2.03. The monoisotopic (exact) mass is 236 g/mol. The number of rotatable bonds is 1. The van der Waals surface area contributed by atoms with Crippen LogP contribution >= 0.6 is 0 Å². The van der Waals surface area contributed by atoms with E-state index < -0.39 is 0 Å². The van der Waals surface area contributed by atoms with Gasteiger partial charge in [-0.15, -0.1) is 0 Å². The Labute approximate surface area is 105 Å². The van der Waals surface area contributed by atoms with Crippen LogP contribution in [0.2, 0.25) is 0 Å². The molecular weight excluding hydrogens is 224 g/mol. The molecular formula is C16H12O2. The lowest BCUT2D eigenvalue weighted by Gasteiger charge is -2.02. The number of fused-ring (bicyclic) bond motifs is 1. The van der Waals surface area contributed by atoms with Crippen LogP contribution in [0.5, 0.6) is 0 Å². The van der Waals surface area contributed by atoms with Gasteiger partial charge in [-0.2, -0.15) is 0 Å². The van der Waals surface area contributed by atoms with E-state index in [1.807, 2.05) is 49.4 Å². The molecule has 1 aliphatic carbocycles. The first-order valence-corrected chi connectivity index (χ1v) is 5.83. The van der Waals surface area contributed by atoms with Crippen molar-refractivity contribution in [2.24, 2.45) is 0 Å². The van der Waals surface area contributed by atoms with E-state index in [0.29, 0.717) is 11.3 Å². The molecule has 0 amide bonds. The van der Waals surface area contributed by atoms with E-state index in [-0.39, 0.29) is 5.78 Å². The topological polar surface area (TPSA) is 30.2 Å². The highest BCUT2D eigenvalue weighted by Crippen LogP contribution is 2.13. The predicted octanol–water partition coefficient (Wildman–Crippen LogP) is 1.82. The Morgan fingerprint density at radius 3 is 2.39 bits per heavy atom. The number of ketones is 1. The summed E-state index contributed by atoms with van der Waals surface area (Å²) in [6, 6.07) is 11.6.